The molecular formula is C18H24O2. The van der Waals surface area contributed by atoms with E-state index < -0.39 is 0 Å². The van der Waals surface area contributed by atoms with Crippen molar-refractivity contribution in [2.24, 2.45) is 5.92 Å². The van der Waals surface area contributed by atoms with Crippen molar-refractivity contribution < 1.29 is 9.90 Å². The summed E-state index contributed by atoms with van der Waals surface area (Å²) < 4.78 is 0. The van der Waals surface area contributed by atoms with Gasteiger partial charge in [-0.15, -0.1) is 0 Å². The van der Waals surface area contributed by atoms with Crippen LogP contribution in [0.1, 0.15) is 79.4 Å². The van der Waals surface area contributed by atoms with Crippen LogP contribution >= 0.6 is 0 Å². The number of ketones is 1. The summed E-state index contributed by atoms with van der Waals surface area (Å²) in [5, 5.41) is 10.7. The summed E-state index contributed by atoms with van der Waals surface area (Å²) in [6.45, 7) is 8.35. The van der Waals surface area contributed by atoms with Gasteiger partial charge in [-0.2, -0.15) is 0 Å². The summed E-state index contributed by atoms with van der Waals surface area (Å²) in [7, 11) is 0. The Hall–Kier alpha value is -1.31. The van der Waals surface area contributed by atoms with Crippen molar-refractivity contribution in [3.8, 4) is 5.75 Å². The van der Waals surface area contributed by atoms with E-state index in [2.05, 4.69) is 33.8 Å². The summed E-state index contributed by atoms with van der Waals surface area (Å²) in [4.78, 5) is 12.7. The molecule has 3 rings (SSSR count). The molecule has 2 aliphatic carbocycles. The molecule has 2 heteroatoms. The van der Waals surface area contributed by atoms with Crippen molar-refractivity contribution in [2.45, 2.75) is 64.7 Å². The molecule has 2 nitrogen and oxygen atoms in total. The molecule has 0 radical (unpaired) electrons. The molecule has 2 aliphatic rings. The minimum Gasteiger partial charge on any atom is -0.507 e. The summed E-state index contributed by atoms with van der Waals surface area (Å²) >= 11 is 0. The third-order valence-electron chi connectivity index (χ3n) is 5.07. The Bertz CT molecular complexity index is 578. The first-order valence-corrected chi connectivity index (χ1v) is 7.73. The molecule has 0 aliphatic heterocycles. The average Bonchev–Trinajstić information content (AvgIpc) is 2.68. The fourth-order valence-corrected chi connectivity index (χ4v) is 4.10. The van der Waals surface area contributed by atoms with E-state index in [4.69, 9.17) is 0 Å². The first kappa shape index (κ1) is 13.7. The van der Waals surface area contributed by atoms with Crippen LogP contribution in [0.25, 0.3) is 0 Å². The Morgan fingerprint density at radius 2 is 1.75 bits per heavy atom. The second-order valence-electron chi connectivity index (χ2n) is 7.49. The normalized spacial score (nSPS) is 25.5. The zero-order chi connectivity index (χ0) is 14.7. The van der Waals surface area contributed by atoms with Crippen LogP contribution in [-0.4, -0.2) is 10.9 Å². The molecule has 0 saturated heterocycles. The molecule has 0 amide bonds. The maximum atomic E-state index is 12.7. The van der Waals surface area contributed by atoms with Crippen LogP contribution in [-0.2, 0) is 5.41 Å². The standard InChI is InChI=1S/C18H24O2/c1-10-9-13(18(2,3)4)17(20)15-14(10)11-7-5-6-8-12(11)16(15)19/h9,11-12,20H,5-8H2,1-4H3. The number of Topliss-reactive ketones (excluding diaryl/α,β-unsaturated/α-hetero) is 1. The Kier molecular flexibility index (Phi) is 2.97. The van der Waals surface area contributed by atoms with Gasteiger partial charge in [-0.1, -0.05) is 39.7 Å². The number of phenolic OH excluding ortho intramolecular Hbond substituents is 1. The summed E-state index contributed by atoms with van der Waals surface area (Å²) in [6, 6.07) is 2.10. The van der Waals surface area contributed by atoms with E-state index in [1.807, 2.05) is 0 Å². The maximum absolute atomic E-state index is 12.7. The molecule has 1 saturated carbocycles. The van der Waals surface area contributed by atoms with E-state index in [1.165, 1.54) is 12.0 Å². The molecule has 1 aromatic rings. The molecule has 2 unspecified atom stereocenters. The average molecular weight is 272 g/mol. The topological polar surface area (TPSA) is 37.3 Å². The second kappa shape index (κ2) is 4.34. The van der Waals surface area contributed by atoms with Crippen LogP contribution in [0.4, 0.5) is 0 Å². The van der Waals surface area contributed by atoms with Crippen LogP contribution in [0, 0.1) is 12.8 Å². The number of fused-ring (bicyclic) bond motifs is 3. The van der Waals surface area contributed by atoms with Crippen LogP contribution in [0.2, 0.25) is 0 Å². The highest BCUT2D eigenvalue weighted by Gasteiger charge is 2.44. The SMILES string of the molecule is Cc1cc(C(C)(C)C)c(O)c2c1C1CCCCC1C2=O. The van der Waals surface area contributed by atoms with Crippen LogP contribution in [0.3, 0.4) is 0 Å². The number of hydrogen-bond acceptors (Lipinski definition) is 2. The highest BCUT2D eigenvalue weighted by Crippen LogP contribution is 2.52. The zero-order valence-electron chi connectivity index (χ0n) is 12.9. The fourth-order valence-electron chi connectivity index (χ4n) is 4.10. The first-order chi connectivity index (χ1) is 9.32. The molecular weight excluding hydrogens is 248 g/mol. The second-order valence-corrected chi connectivity index (χ2v) is 7.49. The van der Waals surface area contributed by atoms with Gasteiger partial charge >= 0.3 is 0 Å². The van der Waals surface area contributed by atoms with E-state index >= 15 is 0 Å². The van der Waals surface area contributed by atoms with Crippen LogP contribution in [0.15, 0.2) is 6.07 Å². The highest BCUT2D eigenvalue weighted by molar-refractivity contribution is 6.06. The maximum Gasteiger partial charge on any atom is 0.170 e. The van der Waals surface area contributed by atoms with Crippen LogP contribution in [0.5, 0.6) is 5.75 Å². The fraction of sp³-hybridized carbons (Fsp3) is 0.611. The lowest BCUT2D eigenvalue weighted by Crippen LogP contribution is -2.17. The van der Waals surface area contributed by atoms with Gasteiger partial charge < -0.3 is 5.11 Å². The molecule has 1 fully saturated rings. The van der Waals surface area contributed by atoms with Crippen molar-refractivity contribution in [1.29, 1.82) is 0 Å². The van der Waals surface area contributed by atoms with E-state index in [1.54, 1.807) is 0 Å². The molecule has 0 spiro atoms. The molecule has 1 N–H and O–H groups in total. The predicted molar refractivity (Wildman–Crippen MR) is 80.6 cm³/mol. The zero-order valence-corrected chi connectivity index (χ0v) is 12.9. The monoisotopic (exact) mass is 272 g/mol. The Labute approximate surface area is 121 Å². The summed E-state index contributed by atoms with van der Waals surface area (Å²) in [5.41, 5.74) is 3.74. The lowest BCUT2D eigenvalue weighted by atomic mass is 9.78. The number of hydrogen-bond donors (Lipinski definition) is 1. The van der Waals surface area contributed by atoms with E-state index in [0.29, 0.717) is 11.5 Å². The summed E-state index contributed by atoms with van der Waals surface area (Å²) in [6.07, 6.45) is 4.43. The van der Waals surface area contributed by atoms with Gasteiger partial charge in [-0.05, 0) is 42.2 Å². The summed E-state index contributed by atoms with van der Waals surface area (Å²) in [5.74, 6) is 0.915. The lowest BCUT2D eigenvalue weighted by molar-refractivity contribution is 0.0896. The molecule has 0 aromatic heterocycles. The van der Waals surface area contributed by atoms with E-state index in [0.717, 1.165) is 30.4 Å². The first-order valence-electron chi connectivity index (χ1n) is 7.73. The molecule has 0 bridgehead atoms. The number of aryl methyl sites for hydroxylation is 1. The van der Waals surface area contributed by atoms with Crippen molar-refractivity contribution in [2.75, 3.05) is 0 Å². The molecule has 108 valence electrons. The number of rotatable bonds is 0. The lowest BCUT2D eigenvalue weighted by Gasteiger charge is -2.26. The van der Waals surface area contributed by atoms with Gasteiger partial charge in [0.25, 0.3) is 0 Å². The Morgan fingerprint density at radius 3 is 2.35 bits per heavy atom. The molecule has 0 heterocycles. The smallest absolute Gasteiger partial charge is 0.170 e. The quantitative estimate of drug-likeness (QED) is 0.756. The number of carbonyl (C=O) groups is 1. The molecule has 1 aromatic carbocycles. The van der Waals surface area contributed by atoms with Gasteiger partial charge in [0.15, 0.2) is 5.78 Å². The minimum absolute atomic E-state index is 0.124. The van der Waals surface area contributed by atoms with Crippen molar-refractivity contribution in [3.63, 3.8) is 0 Å². The largest absolute Gasteiger partial charge is 0.507 e. The van der Waals surface area contributed by atoms with Gasteiger partial charge in [0.2, 0.25) is 0 Å². The number of carbonyl (C=O) groups excluding carboxylic acids is 1. The number of phenols is 1. The highest BCUT2D eigenvalue weighted by atomic mass is 16.3. The van der Waals surface area contributed by atoms with Crippen molar-refractivity contribution in [1.82, 2.24) is 0 Å². The third-order valence-corrected chi connectivity index (χ3v) is 5.07. The Morgan fingerprint density at radius 1 is 1.15 bits per heavy atom. The van der Waals surface area contributed by atoms with Crippen molar-refractivity contribution >= 4 is 5.78 Å². The van der Waals surface area contributed by atoms with Gasteiger partial charge in [0, 0.05) is 11.5 Å². The van der Waals surface area contributed by atoms with Gasteiger partial charge in [-0.3, -0.25) is 4.79 Å². The van der Waals surface area contributed by atoms with Crippen LogP contribution < -0.4 is 0 Å². The van der Waals surface area contributed by atoms with E-state index in [9.17, 15) is 9.90 Å². The van der Waals surface area contributed by atoms with Gasteiger partial charge in [0.1, 0.15) is 5.75 Å². The van der Waals surface area contributed by atoms with Gasteiger partial charge in [0.05, 0.1) is 5.56 Å². The third kappa shape index (κ3) is 1.81. The van der Waals surface area contributed by atoms with Gasteiger partial charge in [-0.25, -0.2) is 0 Å². The van der Waals surface area contributed by atoms with E-state index in [-0.39, 0.29) is 22.9 Å². The minimum atomic E-state index is -0.141. The van der Waals surface area contributed by atoms with Crippen molar-refractivity contribution in [3.05, 3.63) is 28.3 Å². The number of aromatic hydroxyl groups is 1. The number of benzene rings is 1. The predicted octanol–water partition coefficient (Wildman–Crippen LogP) is 4.47. The molecule has 2 atom stereocenters. The Balaban J connectivity index is 2.23. The molecule has 20 heavy (non-hydrogen) atoms.